The zero-order valence-corrected chi connectivity index (χ0v) is 30.6. The fourth-order valence-electron chi connectivity index (χ4n) is 7.53. The van der Waals surface area contributed by atoms with Crippen molar-refractivity contribution in [3.8, 4) is 0 Å². The Morgan fingerprint density at radius 2 is 1.32 bits per heavy atom. The highest BCUT2D eigenvalue weighted by Gasteiger charge is 2.30. The summed E-state index contributed by atoms with van der Waals surface area (Å²) in [7, 11) is 0. The minimum Gasteiger partial charge on any atom is -0.396 e. The molecular formula is C41H67N4O2+. The van der Waals surface area contributed by atoms with Gasteiger partial charge in [0.25, 0.3) is 5.91 Å². The summed E-state index contributed by atoms with van der Waals surface area (Å²) in [5, 5.41) is 16.4. The summed E-state index contributed by atoms with van der Waals surface area (Å²) in [6.07, 6.45) is 14.9. The molecule has 262 valence electrons. The molecule has 1 amide bonds. The SMILES string of the molecule is C=C(Nc1c(C)cccc1C)C1CCCCN1CCCCCC[N+](CCCCC)(CCCCCO)CC(=O)Nc1c(C)cccc1C. The van der Waals surface area contributed by atoms with Gasteiger partial charge in [0.15, 0.2) is 6.54 Å². The predicted molar refractivity (Wildman–Crippen MR) is 201 cm³/mol. The Hall–Kier alpha value is -2.67. The molecule has 6 nitrogen and oxygen atoms in total. The van der Waals surface area contributed by atoms with E-state index in [0.29, 0.717) is 12.6 Å². The van der Waals surface area contributed by atoms with Crippen LogP contribution in [0.1, 0.15) is 113 Å². The first-order valence-electron chi connectivity index (χ1n) is 18.8. The lowest BCUT2D eigenvalue weighted by molar-refractivity contribution is -0.921. The Kier molecular flexibility index (Phi) is 17.0. The van der Waals surface area contributed by atoms with E-state index >= 15 is 0 Å². The molecule has 0 spiro atoms. The van der Waals surface area contributed by atoms with Crippen LogP contribution >= 0.6 is 0 Å². The molecule has 1 aliphatic heterocycles. The number of likely N-dealkylation sites (tertiary alicyclic amines) is 1. The first kappa shape index (κ1) is 38.8. The quantitative estimate of drug-likeness (QED) is 0.0881. The molecule has 1 saturated heterocycles. The van der Waals surface area contributed by atoms with Gasteiger partial charge in [0.2, 0.25) is 0 Å². The molecule has 3 N–H and O–H groups in total. The molecule has 2 atom stereocenters. The van der Waals surface area contributed by atoms with E-state index in [9.17, 15) is 9.90 Å². The Morgan fingerprint density at radius 1 is 0.787 bits per heavy atom. The Morgan fingerprint density at radius 3 is 1.89 bits per heavy atom. The van der Waals surface area contributed by atoms with E-state index in [-0.39, 0.29) is 12.5 Å². The minimum absolute atomic E-state index is 0.131. The second-order valence-corrected chi connectivity index (χ2v) is 14.4. The molecule has 47 heavy (non-hydrogen) atoms. The van der Waals surface area contributed by atoms with Crippen molar-refractivity contribution in [2.24, 2.45) is 0 Å². The third kappa shape index (κ3) is 12.7. The van der Waals surface area contributed by atoms with Crippen molar-refractivity contribution < 1.29 is 14.4 Å². The van der Waals surface area contributed by atoms with Crippen molar-refractivity contribution in [2.45, 2.75) is 124 Å². The highest BCUT2D eigenvalue weighted by Crippen LogP contribution is 2.28. The third-order valence-electron chi connectivity index (χ3n) is 10.4. The number of hydrogen-bond acceptors (Lipinski definition) is 4. The highest BCUT2D eigenvalue weighted by molar-refractivity contribution is 5.93. The summed E-state index contributed by atoms with van der Waals surface area (Å²) >= 11 is 0. The number of piperidine rings is 1. The second-order valence-electron chi connectivity index (χ2n) is 14.4. The van der Waals surface area contributed by atoms with Gasteiger partial charge in [0, 0.05) is 29.7 Å². The maximum atomic E-state index is 13.6. The lowest BCUT2D eigenvalue weighted by Gasteiger charge is -2.39. The predicted octanol–water partition coefficient (Wildman–Crippen LogP) is 9.07. The number of nitrogens with zero attached hydrogens (tertiary/aromatic N) is 2. The van der Waals surface area contributed by atoms with Crippen molar-refractivity contribution >= 4 is 17.3 Å². The van der Waals surface area contributed by atoms with Crippen LogP contribution < -0.4 is 10.6 Å². The number of benzene rings is 2. The topological polar surface area (TPSA) is 64.6 Å². The molecule has 0 aromatic heterocycles. The van der Waals surface area contributed by atoms with Gasteiger partial charge in [-0.25, -0.2) is 0 Å². The van der Waals surface area contributed by atoms with Crippen molar-refractivity contribution in [3.05, 3.63) is 70.9 Å². The molecule has 0 aliphatic carbocycles. The molecule has 0 bridgehead atoms. The number of amides is 1. The lowest BCUT2D eigenvalue weighted by Crippen LogP contribution is -2.54. The summed E-state index contributed by atoms with van der Waals surface area (Å²) in [5.74, 6) is 0.131. The van der Waals surface area contributed by atoms with Gasteiger partial charge in [0.1, 0.15) is 0 Å². The molecule has 2 aromatic carbocycles. The van der Waals surface area contributed by atoms with E-state index in [1.54, 1.807) is 0 Å². The van der Waals surface area contributed by atoms with Crippen LogP contribution in [0.2, 0.25) is 0 Å². The Balaban J connectivity index is 1.58. The van der Waals surface area contributed by atoms with Gasteiger partial charge in [-0.15, -0.1) is 0 Å². The number of aliphatic hydroxyl groups excluding tert-OH is 1. The van der Waals surface area contributed by atoms with Crippen LogP contribution in [0.4, 0.5) is 11.4 Å². The normalized spacial score (nSPS) is 16.5. The highest BCUT2D eigenvalue weighted by atomic mass is 16.3. The lowest BCUT2D eigenvalue weighted by atomic mass is 9.98. The number of para-hydroxylation sites is 2. The van der Waals surface area contributed by atoms with Gasteiger partial charge >= 0.3 is 0 Å². The molecule has 3 rings (SSSR count). The van der Waals surface area contributed by atoms with Crippen LogP contribution in [-0.2, 0) is 4.79 Å². The fraction of sp³-hybridized carbons (Fsp3) is 0.634. The van der Waals surface area contributed by atoms with E-state index in [1.807, 2.05) is 0 Å². The first-order chi connectivity index (χ1) is 22.7. The number of carbonyl (C=O) groups is 1. The molecule has 2 unspecified atom stereocenters. The van der Waals surface area contributed by atoms with Crippen LogP contribution in [0.15, 0.2) is 48.7 Å². The zero-order chi connectivity index (χ0) is 34.1. The molecule has 1 aliphatic rings. The van der Waals surface area contributed by atoms with Crippen molar-refractivity contribution in [1.82, 2.24) is 4.90 Å². The number of unbranched alkanes of at least 4 members (excludes halogenated alkanes) is 7. The summed E-state index contributed by atoms with van der Waals surface area (Å²) in [5.41, 5.74) is 8.09. The van der Waals surface area contributed by atoms with Crippen LogP contribution in [0.5, 0.6) is 0 Å². The molecule has 1 heterocycles. The fourth-order valence-corrected chi connectivity index (χ4v) is 7.53. The average molecular weight is 648 g/mol. The maximum absolute atomic E-state index is 13.6. The molecule has 0 saturated carbocycles. The molecule has 2 aromatic rings. The van der Waals surface area contributed by atoms with Crippen LogP contribution in [0.3, 0.4) is 0 Å². The van der Waals surface area contributed by atoms with Gasteiger partial charge in [-0.1, -0.05) is 69.2 Å². The first-order valence-corrected chi connectivity index (χ1v) is 18.8. The Labute approximate surface area is 287 Å². The summed E-state index contributed by atoms with van der Waals surface area (Å²) in [6, 6.07) is 13.1. The molecular weight excluding hydrogens is 580 g/mol. The average Bonchev–Trinajstić information content (AvgIpc) is 3.05. The van der Waals surface area contributed by atoms with Gasteiger partial charge in [-0.05, 0) is 127 Å². The Bertz CT molecular complexity index is 1200. The van der Waals surface area contributed by atoms with Gasteiger partial charge in [-0.3, -0.25) is 9.69 Å². The maximum Gasteiger partial charge on any atom is 0.279 e. The van der Waals surface area contributed by atoms with Gasteiger partial charge < -0.3 is 20.2 Å². The van der Waals surface area contributed by atoms with E-state index in [2.05, 4.69) is 93.1 Å². The van der Waals surface area contributed by atoms with Gasteiger partial charge in [-0.2, -0.15) is 0 Å². The number of quaternary nitrogens is 1. The standard InChI is InChI=1S/C41H66N4O2/c1-7-8-15-28-45(30-17-11-18-31-46,32-39(47)43-41-35(4)23-20-24-36(41)5)29-16-10-9-13-26-44-27-14-12-25-38(44)37(6)42-40-33(2)21-19-22-34(40)3/h19-24,38,42,46H,6-18,25-32H2,1-5H3/p+1. The van der Waals surface area contributed by atoms with Crippen molar-refractivity contribution in [2.75, 3.05) is 56.5 Å². The van der Waals surface area contributed by atoms with Gasteiger partial charge in [0.05, 0.1) is 19.6 Å². The molecule has 1 fully saturated rings. The second kappa shape index (κ2) is 20.6. The van der Waals surface area contributed by atoms with Crippen LogP contribution in [0, 0.1) is 27.7 Å². The summed E-state index contributed by atoms with van der Waals surface area (Å²) in [6.45, 7) is 21.4. The molecule has 0 radical (unpaired) electrons. The third-order valence-corrected chi connectivity index (χ3v) is 10.4. The molecule has 6 heteroatoms. The van der Waals surface area contributed by atoms with E-state index in [0.717, 1.165) is 91.8 Å². The number of carbonyl (C=O) groups excluding carboxylic acids is 1. The number of nitrogens with one attached hydrogen (secondary N) is 2. The number of rotatable bonds is 22. The monoisotopic (exact) mass is 648 g/mol. The number of aliphatic hydroxyl groups is 1. The summed E-state index contributed by atoms with van der Waals surface area (Å²) in [4.78, 5) is 16.3. The minimum atomic E-state index is 0.131. The number of aryl methyl sites for hydroxylation is 4. The number of hydrogen-bond donors (Lipinski definition) is 3. The van der Waals surface area contributed by atoms with E-state index < -0.39 is 0 Å². The van der Waals surface area contributed by atoms with Crippen molar-refractivity contribution in [1.29, 1.82) is 0 Å². The summed E-state index contributed by atoms with van der Waals surface area (Å²) < 4.78 is 0.861. The zero-order valence-electron chi connectivity index (χ0n) is 30.6. The number of anilines is 2. The van der Waals surface area contributed by atoms with Crippen LogP contribution in [0.25, 0.3) is 0 Å². The van der Waals surface area contributed by atoms with Crippen molar-refractivity contribution in [3.63, 3.8) is 0 Å². The van der Waals surface area contributed by atoms with Crippen LogP contribution in [-0.4, -0.2) is 72.3 Å². The van der Waals surface area contributed by atoms with E-state index in [1.165, 1.54) is 68.2 Å². The largest absolute Gasteiger partial charge is 0.396 e. The smallest absolute Gasteiger partial charge is 0.279 e. The van der Waals surface area contributed by atoms with E-state index in [4.69, 9.17) is 0 Å².